The van der Waals surface area contributed by atoms with Crippen molar-refractivity contribution in [2.24, 2.45) is 0 Å². The van der Waals surface area contributed by atoms with Crippen LogP contribution in [0.25, 0.3) is 22.2 Å². The van der Waals surface area contributed by atoms with Gasteiger partial charge in [-0.05, 0) is 35.7 Å². The van der Waals surface area contributed by atoms with Gasteiger partial charge < -0.3 is 10.4 Å². The Labute approximate surface area is 165 Å². The molecule has 1 heterocycles. The highest BCUT2D eigenvalue weighted by Crippen LogP contribution is 2.28. The van der Waals surface area contributed by atoms with Crippen LogP contribution in [0.2, 0.25) is 0 Å². The lowest BCUT2D eigenvalue weighted by atomic mass is 9.93. The van der Waals surface area contributed by atoms with Gasteiger partial charge >= 0.3 is 0 Å². The number of aliphatic hydroxyl groups is 1. The first-order chi connectivity index (χ1) is 13.7. The van der Waals surface area contributed by atoms with E-state index in [4.69, 9.17) is 0 Å². The van der Waals surface area contributed by atoms with Gasteiger partial charge in [-0.2, -0.15) is 0 Å². The fraction of sp³-hybridized carbons (Fsp3) is 0.250. The van der Waals surface area contributed by atoms with Crippen LogP contribution in [-0.2, 0) is 4.79 Å². The van der Waals surface area contributed by atoms with Crippen LogP contribution in [0, 0.1) is 0 Å². The summed E-state index contributed by atoms with van der Waals surface area (Å²) < 4.78 is 0. The Morgan fingerprint density at radius 3 is 2.61 bits per heavy atom. The van der Waals surface area contributed by atoms with E-state index in [0.717, 1.165) is 40.6 Å². The average molecular weight is 374 g/mol. The van der Waals surface area contributed by atoms with Crippen molar-refractivity contribution in [3.05, 3.63) is 78.0 Å². The zero-order chi connectivity index (χ0) is 19.8. The highest BCUT2D eigenvalue weighted by atomic mass is 16.3. The number of nitrogens with zero attached hydrogens (tertiary/aromatic N) is 1. The summed E-state index contributed by atoms with van der Waals surface area (Å²) in [5, 5.41) is 13.7. The predicted molar refractivity (Wildman–Crippen MR) is 115 cm³/mol. The van der Waals surface area contributed by atoms with Crippen molar-refractivity contribution in [1.29, 1.82) is 0 Å². The molecule has 0 radical (unpaired) electrons. The van der Waals surface area contributed by atoms with Crippen LogP contribution in [0.15, 0.2) is 66.9 Å². The summed E-state index contributed by atoms with van der Waals surface area (Å²) in [6.07, 6.45) is 4.09. The number of carbonyl (C=O) groups is 1. The van der Waals surface area contributed by atoms with E-state index in [1.807, 2.05) is 60.7 Å². The third-order valence-corrected chi connectivity index (χ3v) is 4.65. The number of aromatic nitrogens is 1. The molecule has 3 rings (SSSR count). The van der Waals surface area contributed by atoms with Crippen LogP contribution >= 0.6 is 0 Å². The molecule has 0 aliphatic rings. The second-order valence-electron chi connectivity index (χ2n) is 6.70. The Balaban J connectivity index is 2.18. The molecule has 28 heavy (non-hydrogen) atoms. The maximum Gasteiger partial charge on any atom is 0.165 e. The molecule has 3 aromatic rings. The lowest BCUT2D eigenvalue weighted by Gasteiger charge is -2.18. The second kappa shape index (κ2) is 9.81. The molecule has 0 saturated heterocycles. The van der Waals surface area contributed by atoms with Crippen LogP contribution in [-0.4, -0.2) is 29.0 Å². The minimum absolute atomic E-state index is 0.0101. The molecule has 0 aliphatic carbocycles. The zero-order valence-corrected chi connectivity index (χ0v) is 16.2. The minimum Gasteiger partial charge on any atom is -0.395 e. The smallest absolute Gasteiger partial charge is 0.165 e. The SMILES string of the molecule is CCCCC(=O)/C(=C(/NCCO)c1ccc2ncccc2c1)c1ccccc1. The zero-order valence-electron chi connectivity index (χ0n) is 16.2. The summed E-state index contributed by atoms with van der Waals surface area (Å²) in [7, 11) is 0. The van der Waals surface area contributed by atoms with E-state index in [2.05, 4.69) is 17.2 Å². The second-order valence-corrected chi connectivity index (χ2v) is 6.70. The van der Waals surface area contributed by atoms with E-state index in [0.29, 0.717) is 18.5 Å². The van der Waals surface area contributed by atoms with Gasteiger partial charge in [0.25, 0.3) is 0 Å². The van der Waals surface area contributed by atoms with Crippen molar-refractivity contribution in [3.63, 3.8) is 0 Å². The number of unbranched alkanes of at least 4 members (excludes halogenated alkanes) is 1. The standard InChI is InChI=1S/C24H26N2O2/c1-2-3-11-22(28)23(18-8-5-4-6-9-18)24(26-15-16-27)20-12-13-21-19(17-20)10-7-14-25-21/h4-10,12-14,17,26-27H,2-3,11,15-16H2,1H3/b24-23+. The molecule has 0 bridgehead atoms. The van der Waals surface area contributed by atoms with E-state index in [9.17, 15) is 9.90 Å². The van der Waals surface area contributed by atoms with Crippen molar-refractivity contribution >= 4 is 28.0 Å². The fourth-order valence-corrected chi connectivity index (χ4v) is 3.26. The van der Waals surface area contributed by atoms with E-state index >= 15 is 0 Å². The quantitative estimate of drug-likeness (QED) is 0.429. The third kappa shape index (κ3) is 4.65. The Hall–Kier alpha value is -2.98. The number of ketones is 1. The van der Waals surface area contributed by atoms with Crippen molar-refractivity contribution in [2.75, 3.05) is 13.2 Å². The van der Waals surface area contributed by atoms with Gasteiger partial charge in [0, 0.05) is 30.1 Å². The van der Waals surface area contributed by atoms with Crippen LogP contribution in [0.3, 0.4) is 0 Å². The van der Waals surface area contributed by atoms with Crippen molar-refractivity contribution in [3.8, 4) is 0 Å². The van der Waals surface area contributed by atoms with Crippen LogP contribution in [0.1, 0.15) is 37.3 Å². The van der Waals surface area contributed by atoms with E-state index in [1.54, 1.807) is 6.20 Å². The summed E-state index contributed by atoms with van der Waals surface area (Å²) >= 11 is 0. The van der Waals surface area contributed by atoms with Crippen LogP contribution < -0.4 is 5.32 Å². The summed E-state index contributed by atoms with van der Waals surface area (Å²) in [5.74, 6) is 0.111. The molecule has 4 nitrogen and oxygen atoms in total. The molecule has 4 heteroatoms. The molecule has 2 N–H and O–H groups in total. The van der Waals surface area contributed by atoms with E-state index in [1.165, 1.54) is 0 Å². The molecule has 0 aliphatic heterocycles. The van der Waals surface area contributed by atoms with Gasteiger partial charge in [0.2, 0.25) is 0 Å². The number of fused-ring (bicyclic) bond motifs is 1. The third-order valence-electron chi connectivity index (χ3n) is 4.65. The first-order valence-corrected chi connectivity index (χ1v) is 9.77. The molecule has 0 amide bonds. The van der Waals surface area contributed by atoms with Gasteiger partial charge in [-0.3, -0.25) is 9.78 Å². The Morgan fingerprint density at radius 2 is 1.86 bits per heavy atom. The van der Waals surface area contributed by atoms with E-state index in [-0.39, 0.29) is 12.4 Å². The van der Waals surface area contributed by atoms with Gasteiger partial charge in [0.1, 0.15) is 0 Å². The number of nitrogens with one attached hydrogen (secondary N) is 1. The molecular weight excluding hydrogens is 348 g/mol. The predicted octanol–water partition coefficient (Wildman–Crippen LogP) is 4.44. The Morgan fingerprint density at radius 1 is 1.04 bits per heavy atom. The number of pyridine rings is 1. The number of carbonyl (C=O) groups excluding carboxylic acids is 1. The van der Waals surface area contributed by atoms with Crippen molar-refractivity contribution < 1.29 is 9.90 Å². The number of hydrogen-bond acceptors (Lipinski definition) is 4. The first-order valence-electron chi connectivity index (χ1n) is 9.77. The fourth-order valence-electron chi connectivity index (χ4n) is 3.26. The molecule has 0 fully saturated rings. The van der Waals surface area contributed by atoms with Gasteiger partial charge in [0.05, 0.1) is 17.8 Å². The van der Waals surface area contributed by atoms with Crippen LogP contribution in [0.5, 0.6) is 0 Å². The maximum atomic E-state index is 13.2. The summed E-state index contributed by atoms with van der Waals surface area (Å²) in [6, 6.07) is 19.6. The van der Waals surface area contributed by atoms with Crippen LogP contribution in [0.4, 0.5) is 0 Å². The molecule has 144 valence electrons. The van der Waals surface area contributed by atoms with Crippen molar-refractivity contribution in [2.45, 2.75) is 26.2 Å². The number of aliphatic hydroxyl groups excluding tert-OH is 1. The normalized spacial score (nSPS) is 11.9. The largest absolute Gasteiger partial charge is 0.395 e. The van der Waals surface area contributed by atoms with Gasteiger partial charge in [-0.25, -0.2) is 0 Å². The highest BCUT2D eigenvalue weighted by Gasteiger charge is 2.19. The summed E-state index contributed by atoms with van der Waals surface area (Å²) in [6.45, 7) is 2.45. The summed E-state index contributed by atoms with van der Waals surface area (Å²) in [5.41, 5.74) is 4.14. The first kappa shape index (κ1) is 19.8. The lowest BCUT2D eigenvalue weighted by molar-refractivity contribution is -0.113. The Kier molecular flexibility index (Phi) is 6.93. The molecule has 1 aromatic heterocycles. The molecular formula is C24H26N2O2. The van der Waals surface area contributed by atoms with Gasteiger partial charge in [-0.15, -0.1) is 0 Å². The maximum absolute atomic E-state index is 13.2. The number of hydrogen-bond donors (Lipinski definition) is 2. The lowest BCUT2D eigenvalue weighted by Crippen LogP contribution is -2.20. The topological polar surface area (TPSA) is 62.2 Å². The molecule has 0 unspecified atom stereocenters. The minimum atomic E-state index is -0.0101. The monoisotopic (exact) mass is 374 g/mol. The Bertz CT molecular complexity index is 965. The molecule has 0 atom stereocenters. The number of rotatable bonds is 9. The van der Waals surface area contributed by atoms with Gasteiger partial charge in [0.15, 0.2) is 5.78 Å². The number of Topliss-reactive ketones (excluding diaryl/α,β-unsaturated/α-hetero) is 1. The molecule has 0 spiro atoms. The molecule has 2 aromatic carbocycles. The molecule has 0 saturated carbocycles. The number of allylic oxidation sites excluding steroid dienone is 1. The number of benzene rings is 2. The summed E-state index contributed by atoms with van der Waals surface area (Å²) in [4.78, 5) is 17.6. The van der Waals surface area contributed by atoms with E-state index < -0.39 is 0 Å². The highest BCUT2D eigenvalue weighted by molar-refractivity contribution is 6.27. The van der Waals surface area contributed by atoms with Gasteiger partial charge in [-0.1, -0.05) is 55.8 Å². The average Bonchev–Trinajstić information content (AvgIpc) is 2.75. The van der Waals surface area contributed by atoms with Crippen molar-refractivity contribution in [1.82, 2.24) is 10.3 Å².